The SMILES string of the molecule is OC(Cc1c(F)cccc1Cl)c1ccc(Cl)cc1F. The Balaban J connectivity index is 2.28. The van der Waals surface area contributed by atoms with E-state index in [1.165, 1.54) is 30.3 Å². The van der Waals surface area contributed by atoms with Gasteiger partial charge >= 0.3 is 0 Å². The average molecular weight is 303 g/mol. The first-order chi connectivity index (χ1) is 8.99. The first-order valence-corrected chi connectivity index (χ1v) is 6.30. The Morgan fingerprint density at radius 3 is 2.42 bits per heavy atom. The van der Waals surface area contributed by atoms with Gasteiger partial charge in [0, 0.05) is 27.6 Å². The Hall–Kier alpha value is -1.16. The van der Waals surface area contributed by atoms with E-state index in [1.54, 1.807) is 0 Å². The fourth-order valence-corrected chi connectivity index (χ4v) is 2.20. The first kappa shape index (κ1) is 14.3. The van der Waals surface area contributed by atoms with E-state index >= 15 is 0 Å². The molecule has 0 aliphatic rings. The molecule has 2 rings (SSSR count). The van der Waals surface area contributed by atoms with E-state index in [1.807, 2.05) is 0 Å². The highest BCUT2D eigenvalue weighted by Crippen LogP contribution is 2.28. The maximum absolute atomic E-state index is 13.6. The number of aliphatic hydroxyl groups is 1. The molecule has 0 saturated carbocycles. The van der Waals surface area contributed by atoms with Gasteiger partial charge in [0.1, 0.15) is 11.6 Å². The molecular weight excluding hydrogens is 293 g/mol. The van der Waals surface area contributed by atoms with Crippen molar-refractivity contribution in [3.8, 4) is 0 Å². The van der Waals surface area contributed by atoms with Crippen LogP contribution in [-0.2, 0) is 6.42 Å². The molecule has 0 heterocycles. The lowest BCUT2D eigenvalue weighted by atomic mass is 10.0. The largest absolute Gasteiger partial charge is 0.388 e. The van der Waals surface area contributed by atoms with Crippen LogP contribution in [0.25, 0.3) is 0 Å². The van der Waals surface area contributed by atoms with Gasteiger partial charge in [0.2, 0.25) is 0 Å². The van der Waals surface area contributed by atoms with Crippen molar-refractivity contribution >= 4 is 23.2 Å². The van der Waals surface area contributed by atoms with E-state index in [2.05, 4.69) is 0 Å². The van der Waals surface area contributed by atoms with Gasteiger partial charge in [0.15, 0.2) is 0 Å². The highest BCUT2D eigenvalue weighted by atomic mass is 35.5. The van der Waals surface area contributed by atoms with Gasteiger partial charge in [-0.2, -0.15) is 0 Å². The highest BCUT2D eigenvalue weighted by Gasteiger charge is 2.17. The number of hydrogen-bond acceptors (Lipinski definition) is 1. The minimum Gasteiger partial charge on any atom is -0.388 e. The monoisotopic (exact) mass is 302 g/mol. The minimum atomic E-state index is -1.19. The normalized spacial score (nSPS) is 12.5. The Labute approximate surface area is 119 Å². The van der Waals surface area contributed by atoms with Crippen molar-refractivity contribution in [2.75, 3.05) is 0 Å². The van der Waals surface area contributed by atoms with Crippen LogP contribution in [0.1, 0.15) is 17.2 Å². The molecule has 2 aromatic rings. The van der Waals surface area contributed by atoms with Gasteiger partial charge in [0.25, 0.3) is 0 Å². The van der Waals surface area contributed by atoms with Gasteiger partial charge in [-0.15, -0.1) is 0 Å². The summed E-state index contributed by atoms with van der Waals surface area (Å²) < 4.78 is 27.2. The van der Waals surface area contributed by atoms with Crippen LogP contribution in [0.5, 0.6) is 0 Å². The summed E-state index contributed by atoms with van der Waals surface area (Å²) in [6.45, 7) is 0. The van der Waals surface area contributed by atoms with Gasteiger partial charge in [0.05, 0.1) is 6.10 Å². The molecule has 0 saturated heterocycles. The van der Waals surface area contributed by atoms with Crippen LogP contribution in [0.15, 0.2) is 36.4 Å². The summed E-state index contributed by atoms with van der Waals surface area (Å²) in [7, 11) is 0. The molecule has 0 aliphatic carbocycles. The van der Waals surface area contributed by atoms with Gasteiger partial charge in [-0.1, -0.05) is 35.3 Å². The molecule has 0 radical (unpaired) electrons. The van der Waals surface area contributed by atoms with Crippen LogP contribution < -0.4 is 0 Å². The topological polar surface area (TPSA) is 20.2 Å². The summed E-state index contributed by atoms with van der Waals surface area (Å²) in [4.78, 5) is 0. The fraction of sp³-hybridized carbons (Fsp3) is 0.143. The third kappa shape index (κ3) is 3.24. The number of halogens is 4. The minimum absolute atomic E-state index is 0.0590. The number of benzene rings is 2. The molecule has 0 spiro atoms. The quantitative estimate of drug-likeness (QED) is 0.882. The van der Waals surface area contributed by atoms with Crippen LogP contribution >= 0.6 is 23.2 Å². The standard InChI is InChI=1S/C14H10Cl2F2O/c15-8-4-5-9(13(18)6-8)14(19)7-10-11(16)2-1-3-12(10)17/h1-6,14,19H,7H2. The van der Waals surface area contributed by atoms with Gasteiger partial charge in [-0.3, -0.25) is 0 Å². The van der Waals surface area contributed by atoms with E-state index < -0.39 is 17.7 Å². The molecule has 1 nitrogen and oxygen atoms in total. The summed E-state index contributed by atoms with van der Waals surface area (Å²) in [5, 5.41) is 10.4. The Morgan fingerprint density at radius 2 is 1.79 bits per heavy atom. The van der Waals surface area contributed by atoms with Crippen molar-refractivity contribution < 1.29 is 13.9 Å². The zero-order valence-corrected chi connectivity index (χ0v) is 11.2. The summed E-state index contributed by atoms with van der Waals surface area (Å²) in [5.41, 5.74) is 0.217. The van der Waals surface area contributed by atoms with Gasteiger partial charge in [-0.25, -0.2) is 8.78 Å². The van der Waals surface area contributed by atoms with Gasteiger partial charge in [-0.05, 0) is 24.3 Å². The number of rotatable bonds is 3. The molecule has 0 aromatic heterocycles. The Morgan fingerprint density at radius 1 is 1.05 bits per heavy atom. The molecule has 0 bridgehead atoms. The lowest BCUT2D eigenvalue weighted by Gasteiger charge is -2.13. The van der Waals surface area contributed by atoms with Crippen LogP contribution in [0.3, 0.4) is 0 Å². The maximum Gasteiger partial charge on any atom is 0.130 e. The van der Waals surface area contributed by atoms with E-state index in [-0.39, 0.29) is 27.6 Å². The summed E-state index contributed by atoms with van der Waals surface area (Å²) in [5.74, 6) is -1.16. The zero-order valence-electron chi connectivity index (χ0n) is 9.71. The molecule has 1 atom stereocenters. The molecule has 0 amide bonds. The lowest BCUT2D eigenvalue weighted by Crippen LogP contribution is -2.06. The van der Waals surface area contributed by atoms with Crippen molar-refractivity contribution in [2.24, 2.45) is 0 Å². The van der Waals surface area contributed by atoms with Gasteiger partial charge < -0.3 is 5.11 Å². The Kier molecular flexibility index (Phi) is 4.40. The summed E-state index contributed by atoms with van der Waals surface area (Å²) >= 11 is 11.5. The number of aliphatic hydroxyl groups excluding tert-OH is 1. The van der Waals surface area contributed by atoms with E-state index in [4.69, 9.17) is 23.2 Å². The second kappa shape index (κ2) is 5.87. The summed E-state index contributed by atoms with van der Waals surface area (Å²) in [6, 6.07) is 8.17. The van der Waals surface area contributed by atoms with E-state index in [9.17, 15) is 13.9 Å². The third-order valence-electron chi connectivity index (χ3n) is 2.78. The predicted octanol–water partition coefficient (Wildman–Crippen LogP) is 4.55. The zero-order chi connectivity index (χ0) is 14.0. The molecule has 19 heavy (non-hydrogen) atoms. The highest BCUT2D eigenvalue weighted by molar-refractivity contribution is 6.31. The molecule has 1 N–H and O–H groups in total. The average Bonchev–Trinajstić information content (AvgIpc) is 2.33. The van der Waals surface area contributed by atoms with Crippen molar-refractivity contribution in [1.82, 2.24) is 0 Å². The van der Waals surface area contributed by atoms with Crippen molar-refractivity contribution in [2.45, 2.75) is 12.5 Å². The molecule has 5 heteroatoms. The molecule has 2 aromatic carbocycles. The van der Waals surface area contributed by atoms with Crippen LogP contribution in [0.2, 0.25) is 10.0 Å². The van der Waals surface area contributed by atoms with E-state index in [0.717, 1.165) is 6.07 Å². The van der Waals surface area contributed by atoms with Crippen molar-refractivity contribution in [1.29, 1.82) is 0 Å². The maximum atomic E-state index is 13.6. The van der Waals surface area contributed by atoms with Crippen LogP contribution in [0, 0.1) is 11.6 Å². The fourth-order valence-electron chi connectivity index (χ4n) is 1.80. The smallest absolute Gasteiger partial charge is 0.130 e. The van der Waals surface area contributed by atoms with Crippen LogP contribution in [0.4, 0.5) is 8.78 Å². The molecular formula is C14H10Cl2F2O. The second-order valence-corrected chi connectivity index (χ2v) is 4.93. The molecule has 0 fully saturated rings. The van der Waals surface area contributed by atoms with Crippen LogP contribution in [-0.4, -0.2) is 5.11 Å². The summed E-state index contributed by atoms with van der Waals surface area (Å²) in [6.07, 6.45) is -1.30. The van der Waals surface area contributed by atoms with Crippen molar-refractivity contribution in [3.63, 3.8) is 0 Å². The lowest BCUT2D eigenvalue weighted by molar-refractivity contribution is 0.172. The van der Waals surface area contributed by atoms with E-state index in [0.29, 0.717) is 0 Å². The second-order valence-electron chi connectivity index (χ2n) is 4.09. The Bertz CT molecular complexity index is 582. The molecule has 0 aliphatic heterocycles. The first-order valence-electron chi connectivity index (χ1n) is 5.55. The van der Waals surface area contributed by atoms with Crippen molar-refractivity contribution in [3.05, 3.63) is 69.2 Å². The predicted molar refractivity (Wildman–Crippen MR) is 71.5 cm³/mol. The third-order valence-corrected chi connectivity index (χ3v) is 3.37. The molecule has 100 valence electrons. The number of hydrogen-bond donors (Lipinski definition) is 1. The molecule has 1 unspecified atom stereocenters.